The molecule has 2 rings (SSSR count). The van der Waals surface area contributed by atoms with Crippen molar-refractivity contribution in [1.82, 2.24) is 0 Å². The SMILES string of the molecule is C#CC1(c2c(C)cccc2Cl)CC1. The van der Waals surface area contributed by atoms with Crippen LogP contribution in [0.5, 0.6) is 0 Å². The van der Waals surface area contributed by atoms with Gasteiger partial charge in [0.2, 0.25) is 0 Å². The molecule has 1 aromatic carbocycles. The second-order valence-corrected chi connectivity index (χ2v) is 4.07. The van der Waals surface area contributed by atoms with Gasteiger partial charge in [-0.05, 0) is 37.0 Å². The van der Waals surface area contributed by atoms with Crippen LogP contribution in [-0.2, 0) is 5.41 Å². The summed E-state index contributed by atoms with van der Waals surface area (Å²) in [5.41, 5.74) is 2.34. The lowest BCUT2D eigenvalue weighted by Crippen LogP contribution is -2.05. The molecule has 0 N–H and O–H groups in total. The second-order valence-electron chi connectivity index (χ2n) is 3.66. The molecule has 0 heterocycles. The molecule has 1 aromatic rings. The van der Waals surface area contributed by atoms with Crippen molar-refractivity contribution in [2.75, 3.05) is 0 Å². The second kappa shape index (κ2) is 2.79. The van der Waals surface area contributed by atoms with Crippen LogP contribution in [0.25, 0.3) is 0 Å². The van der Waals surface area contributed by atoms with Gasteiger partial charge in [0, 0.05) is 5.02 Å². The zero-order valence-electron chi connectivity index (χ0n) is 7.60. The average molecular weight is 191 g/mol. The summed E-state index contributed by atoms with van der Waals surface area (Å²) in [5, 5.41) is 0.815. The molecule has 0 amide bonds. The molecule has 13 heavy (non-hydrogen) atoms. The summed E-state index contributed by atoms with van der Waals surface area (Å²) in [6.07, 6.45) is 7.68. The summed E-state index contributed by atoms with van der Waals surface area (Å²) in [7, 11) is 0. The summed E-state index contributed by atoms with van der Waals surface area (Å²) >= 11 is 6.14. The molecule has 0 radical (unpaired) electrons. The van der Waals surface area contributed by atoms with Gasteiger partial charge < -0.3 is 0 Å². The maximum atomic E-state index is 6.14. The number of rotatable bonds is 1. The number of aryl methyl sites for hydroxylation is 1. The van der Waals surface area contributed by atoms with E-state index in [9.17, 15) is 0 Å². The maximum absolute atomic E-state index is 6.14. The third kappa shape index (κ3) is 1.24. The number of hydrogen-bond donors (Lipinski definition) is 0. The Hall–Kier alpha value is -0.930. The minimum absolute atomic E-state index is 0.0393. The topological polar surface area (TPSA) is 0 Å². The lowest BCUT2D eigenvalue weighted by atomic mass is 9.93. The van der Waals surface area contributed by atoms with E-state index in [1.165, 1.54) is 11.1 Å². The molecular weight excluding hydrogens is 180 g/mol. The highest BCUT2D eigenvalue weighted by Gasteiger charge is 2.44. The Morgan fingerprint density at radius 3 is 2.62 bits per heavy atom. The van der Waals surface area contributed by atoms with Gasteiger partial charge >= 0.3 is 0 Å². The lowest BCUT2D eigenvalue weighted by Gasteiger charge is -2.13. The van der Waals surface area contributed by atoms with Crippen molar-refractivity contribution in [2.45, 2.75) is 25.2 Å². The quantitative estimate of drug-likeness (QED) is 0.596. The number of terminal acetylenes is 1. The molecule has 0 aromatic heterocycles. The predicted octanol–water partition coefficient (Wildman–Crippen LogP) is 3.31. The Balaban J connectivity index is 2.58. The van der Waals surface area contributed by atoms with Crippen LogP contribution in [0.15, 0.2) is 18.2 Å². The van der Waals surface area contributed by atoms with Crippen LogP contribution < -0.4 is 0 Å². The Kier molecular flexibility index (Phi) is 1.86. The fourth-order valence-corrected chi connectivity index (χ4v) is 2.23. The fourth-order valence-electron chi connectivity index (χ4n) is 1.83. The van der Waals surface area contributed by atoms with Gasteiger partial charge in [-0.25, -0.2) is 0 Å². The van der Waals surface area contributed by atoms with E-state index >= 15 is 0 Å². The van der Waals surface area contributed by atoms with E-state index in [2.05, 4.69) is 18.9 Å². The van der Waals surface area contributed by atoms with Crippen molar-refractivity contribution in [3.05, 3.63) is 34.3 Å². The van der Waals surface area contributed by atoms with Crippen molar-refractivity contribution in [1.29, 1.82) is 0 Å². The Morgan fingerprint density at radius 1 is 1.46 bits per heavy atom. The largest absolute Gasteiger partial charge is 0.119 e. The van der Waals surface area contributed by atoms with Gasteiger partial charge in [-0.3, -0.25) is 0 Å². The third-order valence-electron chi connectivity index (χ3n) is 2.73. The van der Waals surface area contributed by atoms with Crippen LogP contribution in [0, 0.1) is 19.3 Å². The summed E-state index contributed by atoms with van der Waals surface area (Å²) < 4.78 is 0. The molecule has 0 saturated heterocycles. The van der Waals surface area contributed by atoms with Gasteiger partial charge in [0.1, 0.15) is 0 Å². The van der Waals surface area contributed by atoms with Gasteiger partial charge in [0.15, 0.2) is 0 Å². The van der Waals surface area contributed by atoms with Gasteiger partial charge in [-0.2, -0.15) is 0 Å². The highest BCUT2D eigenvalue weighted by Crippen LogP contribution is 2.50. The van der Waals surface area contributed by atoms with E-state index in [1.807, 2.05) is 12.1 Å². The monoisotopic (exact) mass is 190 g/mol. The summed E-state index contributed by atoms with van der Waals surface area (Å²) in [6, 6.07) is 5.95. The molecule has 0 spiro atoms. The molecule has 66 valence electrons. The molecule has 1 fully saturated rings. The minimum atomic E-state index is -0.0393. The van der Waals surface area contributed by atoms with Crippen LogP contribution in [0.2, 0.25) is 5.02 Å². The van der Waals surface area contributed by atoms with Gasteiger partial charge in [0.25, 0.3) is 0 Å². The first kappa shape index (κ1) is 8.66. The number of benzene rings is 1. The molecular formula is C12H11Cl. The Bertz CT molecular complexity index is 360. The first-order valence-corrected chi connectivity index (χ1v) is 4.81. The van der Waals surface area contributed by atoms with Crippen LogP contribution in [0.1, 0.15) is 24.0 Å². The van der Waals surface area contributed by atoms with Gasteiger partial charge in [-0.15, -0.1) is 6.42 Å². The van der Waals surface area contributed by atoms with Crippen molar-refractivity contribution < 1.29 is 0 Å². The zero-order valence-corrected chi connectivity index (χ0v) is 8.36. The molecule has 1 heteroatoms. The summed E-state index contributed by atoms with van der Waals surface area (Å²) in [6.45, 7) is 2.07. The predicted molar refractivity (Wildman–Crippen MR) is 55.9 cm³/mol. The van der Waals surface area contributed by atoms with E-state index in [4.69, 9.17) is 18.0 Å². The Labute approximate surface area is 83.9 Å². The highest BCUT2D eigenvalue weighted by molar-refractivity contribution is 6.31. The van der Waals surface area contributed by atoms with Crippen molar-refractivity contribution in [3.63, 3.8) is 0 Å². The van der Waals surface area contributed by atoms with Crippen LogP contribution in [0.4, 0.5) is 0 Å². The molecule has 1 aliphatic carbocycles. The summed E-state index contributed by atoms with van der Waals surface area (Å²) in [4.78, 5) is 0. The van der Waals surface area contributed by atoms with Crippen molar-refractivity contribution in [3.8, 4) is 12.3 Å². The number of halogens is 1. The first-order valence-electron chi connectivity index (χ1n) is 4.43. The standard InChI is InChI=1S/C12H11Cl/c1-3-12(7-8-12)11-9(2)5-4-6-10(11)13/h1,4-6H,7-8H2,2H3. The molecule has 0 aliphatic heterocycles. The van der Waals surface area contributed by atoms with E-state index in [0.29, 0.717) is 0 Å². The van der Waals surface area contributed by atoms with E-state index in [-0.39, 0.29) is 5.41 Å². The average Bonchev–Trinajstić information content (AvgIpc) is 2.85. The normalized spacial score (nSPS) is 17.9. The van der Waals surface area contributed by atoms with E-state index in [1.54, 1.807) is 0 Å². The van der Waals surface area contributed by atoms with Gasteiger partial charge in [0.05, 0.1) is 5.41 Å². The van der Waals surface area contributed by atoms with E-state index < -0.39 is 0 Å². The molecule has 0 nitrogen and oxygen atoms in total. The van der Waals surface area contributed by atoms with Crippen LogP contribution >= 0.6 is 11.6 Å². The maximum Gasteiger partial charge on any atom is 0.0578 e. The Morgan fingerprint density at radius 2 is 2.15 bits per heavy atom. The van der Waals surface area contributed by atoms with Crippen molar-refractivity contribution in [2.24, 2.45) is 0 Å². The minimum Gasteiger partial charge on any atom is -0.119 e. The highest BCUT2D eigenvalue weighted by atomic mass is 35.5. The van der Waals surface area contributed by atoms with E-state index in [0.717, 1.165) is 17.9 Å². The first-order chi connectivity index (χ1) is 6.19. The van der Waals surface area contributed by atoms with Gasteiger partial charge in [-0.1, -0.05) is 29.7 Å². The van der Waals surface area contributed by atoms with Crippen molar-refractivity contribution >= 4 is 11.6 Å². The number of hydrogen-bond acceptors (Lipinski definition) is 0. The smallest absolute Gasteiger partial charge is 0.0578 e. The lowest BCUT2D eigenvalue weighted by molar-refractivity contribution is 0.916. The summed E-state index contributed by atoms with van der Waals surface area (Å²) in [5.74, 6) is 2.87. The molecule has 0 bridgehead atoms. The third-order valence-corrected chi connectivity index (χ3v) is 3.04. The molecule has 1 aliphatic rings. The van der Waals surface area contributed by atoms with Crippen LogP contribution in [0.3, 0.4) is 0 Å². The molecule has 0 atom stereocenters. The zero-order chi connectivity index (χ0) is 9.47. The van der Waals surface area contributed by atoms with Crippen LogP contribution in [-0.4, -0.2) is 0 Å². The molecule has 1 saturated carbocycles. The molecule has 0 unspecified atom stereocenters. The fraction of sp³-hybridized carbons (Fsp3) is 0.333.